The van der Waals surface area contributed by atoms with Crippen molar-refractivity contribution in [2.75, 3.05) is 6.54 Å². The molecule has 2 aromatic rings. The molecular weight excluding hydrogens is 304 g/mol. The normalized spacial score (nSPS) is 16.0. The molecule has 0 spiro atoms. The van der Waals surface area contributed by atoms with Crippen molar-refractivity contribution >= 4 is 27.3 Å². The first-order valence-electron chi connectivity index (χ1n) is 5.68. The van der Waals surface area contributed by atoms with Gasteiger partial charge in [-0.1, -0.05) is 0 Å². The third kappa shape index (κ3) is 2.01. The van der Waals surface area contributed by atoms with E-state index in [0.717, 1.165) is 11.3 Å². The predicted molar refractivity (Wildman–Crippen MR) is 68.9 cm³/mol. The van der Waals surface area contributed by atoms with Crippen LogP contribution >= 0.6 is 11.3 Å². The molecule has 0 aliphatic carbocycles. The van der Waals surface area contributed by atoms with E-state index >= 15 is 0 Å². The van der Waals surface area contributed by atoms with Gasteiger partial charge in [0.05, 0.1) is 6.54 Å². The molecule has 0 unspecified atom stereocenters. The van der Waals surface area contributed by atoms with E-state index in [9.17, 15) is 13.2 Å². The zero-order chi connectivity index (χ0) is 14.3. The first-order chi connectivity index (χ1) is 9.50. The summed E-state index contributed by atoms with van der Waals surface area (Å²) in [4.78, 5) is 10.7. The Labute approximate surface area is 118 Å². The minimum atomic E-state index is -3.83. The van der Waals surface area contributed by atoms with Crippen LogP contribution in [0.4, 0.5) is 0 Å². The summed E-state index contributed by atoms with van der Waals surface area (Å²) in [5.74, 6) is -0.689. The predicted octanol–water partition coefficient (Wildman–Crippen LogP) is 0.242. The van der Waals surface area contributed by atoms with Gasteiger partial charge in [0.25, 0.3) is 0 Å². The van der Waals surface area contributed by atoms with Crippen molar-refractivity contribution in [3.8, 4) is 0 Å². The van der Waals surface area contributed by atoms with Gasteiger partial charge in [0.15, 0.2) is 0 Å². The van der Waals surface area contributed by atoms with Gasteiger partial charge in [-0.3, -0.25) is 0 Å². The average molecular weight is 314 g/mol. The molecule has 0 radical (unpaired) electrons. The van der Waals surface area contributed by atoms with E-state index in [1.54, 1.807) is 10.9 Å². The second-order valence-corrected chi connectivity index (χ2v) is 7.02. The van der Waals surface area contributed by atoms with Crippen molar-refractivity contribution in [1.29, 1.82) is 0 Å². The van der Waals surface area contributed by atoms with Crippen molar-refractivity contribution in [3.63, 3.8) is 0 Å². The Kier molecular flexibility index (Phi) is 3.07. The molecule has 1 aliphatic rings. The Morgan fingerprint density at radius 2 is 2.20 bits per heavy atom. The van der Waals surface area contributed by atoms with Crippen LogP contribution in [-0.2, 0) is 23.1 Å². The maximum absolute atomic E-state index is 12.5. The molecule has 3 heterocycles. The Hall–Kier alpha value is -1.78. The van der Waals surface area contributed by atoms with E-state index in [0.29, 0.717) is 12.4 Å². The number of carboxylic acids is 1. The molecule has 20 heavy (non-hydrogen) atoms. The lowest BCUT2D eigenvalue weighted by molar-refractivity contribution is 0.0698. The Balaban J connectivity index is 1.97. The quantitative estimate of drug-likeness (QED) is 0.870. The lowest BCUT2D eigenvalue weighted by Crippen LogP contribution is -2.38. The molecular formula is C10H10N4O4S2. The molecule has 0 aromatic carbocycles. The lowest BCUT2D eigenvalue weighted by Gasteiger charge is -2.26. The number of carbonyl (C=O) groups is 1. The molecule has 1 aliphatic heterocycles. The van der Waals surface area contributed by atoms with Gasteiger partial charge >= 0.3 is 5.97 Å². The number of rotatable bonds is 3. The topological polar surface area (TPSA) is 105 Å². The molecule has 0 saturated carbocycles. The van der Waals surface area contributed by atoms with Crippen LogP contribution in [0.2, 0.25) is 0 Å². The molecule has 1 N–H and O–H groups in total. The van der Waals surface area contributed by atoms with E-state index in [1.165, 1.54) is 15.8 Å². The molecule has 0 fully saturated rings. The summed E-state index contributed by atoms with van der Waals surface area (Å²) in [6, 6.07) is 1.32. The van der Waals surface area contributed by atoms with E-state index in [4.69, 9.17) is 5.11 Å². The van der Waals surface area contributed by atoms with Gasteiger partial charge in [-0.05, 0) is 11.4 Å². The average Bonchev–Trinajstić information content (AvgIpc) is 3.06. The Bertz CT molecular complexity index is 764. The zero-order valence-corrected chi connectivity index (χ0v) is 11.8. The van der Waals surface area contributed by atoms with E-state index in [1.807, 2.05) is 0 Å². The SMILES string of the molecule is O=C(O)c1sccc1S(=O)(=O)N1CCn2cnnc2C1. The number of hydrogen-bond donors (Lipinski definition) is 1. The van der Waals surface area contributed by atoms with E-state index in [-0.39, 0.29) is 22.9 Å². The van der Waals surface area contributed by atoms with Crippen LogP contribution in [0.3, 0.4) is 0 Å². The number of carboxylic acid groups (broad SMARTS) is 1. The number of aromatic nitrogens is 3. The second kappa shape index (κ2) is 4.65. The van der Waals surface area contributed by atoms with Gasteiger partial charge in [0.2, 0.25) is 10.0 Å². The third-order valence-electron chi connectivity index (χ3n) is 3.04. The van der Waals surface area contributed by atoms with Crippen LogP contribution in [0.25, 0.3) is 0 Å². The van der Waals surface area contributed by atoms with Gasteiger partial charge in [0.1, 0.15) is 21.9 Å². The van der Waals surface area contributed by atoms with Crippen LogP contribution < -0.4 is 0 Å². The lowest BCUT2D eigenvalue weighted by atomic mass is 10.4. The molecule has 0 amide bonds. The number of sulfonamides is 1. The fourth-order valence-corrected chi connectivity index (χ4v) is 4.66. The molecule has 0 saturated heterocycles. The highest BCUT2D eigenvalue weighted by Gasteiger charge is 2.33. The highest BCUT2D eigenvalue weighted by molar-refractivity contribution is 7.89. The van der Waals surface area contributed by atoms with Crippen molar-refractivity contribution < 1.29 is 18.3 Å². The summed E-state index contributed by atoms with van der Waals surface area (Å²) >= 11 is 0.897. The largest absolute Gasteiger partial charge is 0.477 e. The standard InChI is InChI=1S/C10H10N4O4S2/c15-10(16)9-7(1-4-19-9)20(17,18)14-3-2-13-6-11-12-8(13)5-14/h1,4,6H,2-3,5H2,(H,15,16). The van der Waals surface area contributed by atoms with Gasteiger partial charge in [-0.25, -0.2) is 13.2 Å². The molecule has 2 aromatic heterocycles. The fraction of sp³-hybridized carbons (Fsp3) is 0.300. The summed E-state index contributed by atoms with van der Waals surface area (Å²) in [5, 5.41) is 18.1. The number of hydrogen-bond acceptors (Lipinski definition) is 6. The molecule has 0 atom stereocenters. The molecule has 106 valence electrons. The first kappa shape index (κ1) is 13.2. The van der Waals surface area contributed by atoms with Crippen molar-refractivity contribution in [1.82, 2.24) is 19.1 Å². The van der Waals surface area contributed by atoms with Crippen molar-refractivity contribution in [3.05, 3.63) is 28.5 Å². The smallest absolute Gasteiger partial charge is 0.347 e. The Morgan fingerprint density at radius 1 is 1.40 bits per heavy atom. The minimum absolute atomic E-state index is 0.0945. The monoisotopic (exact) mass is 314 g/mol. The fourth-order valence-electron chi connectivity index (χ4n) is 2.04. The maximum atomic E-state index is 12.5. The van der Waals surface area contributed by atoms with Crippen LogP contribution in [0.5, 0.6) is 0 Å². The minimum Gasteiger partial charge on any atom is -0.477 e. The van der Waals surface area contributed by atoms with Gasteiger partial charge in [0, 0.05) is 13.1 Å². The van der Waals surface area contributed by atoms with Crippen molar-refractivity contribution in [2.45, 2.75) is 18.0 Å². The number of nitrogens with zero attached hydrogens (tertiary/aromatic N) is 4. The summed E-state index contributed by atoms with van der Waals surface area (Å²) in [6.45, 7) is 0.813. The summed E-state index contributed by atoms with van der Waals surface area (Å²) in [6.07, 6.45) is 1.55. The van der Waals surface area contributed by atoms with Crippen LogP contribution in [0, 0.1) is 0 Å². The molecule has 10 heteroatoms. The van der Waals surface area contributed by atoms with E-state index < -0.39 is 16.0 Å². The van der Waals surface area contributed by atoms with E-state index in [2.05, 4.69) is 10.2 Å². The number of thiophene rings is 1. The highest BCUT2D eigenvalue weighted by Crippen LogP contribution is 2.27. The summed E-state index contributed by atoms with van der Waals surface area (Å²) in [5.41, 5.74) is 0. The van der Waals surface area contributed by atoms with Gasteiger partial charge < -0.3 is 9.67 Å². The molecule has 0 bridgehead atoms. The Morgan fingerprint density at radius 3 is 2.95 bits per heavy atom. The number of fused-ring (bicyclic) bond motifs is 1. The van der Waals surface area contributed by atoms with Gasteiger partial charge in [-0.2, -0.15) is 4.31 Å². The van der Waals surface area contributed by atoms with Crippen molar-refractivity contribution in [2.24, 2.45) is 0 Å². The summed E-state index contributed by atoms with van der Waals surface area (Å²) < 4.78 is 28.0. The van der Waals surface area contributed by atoms with Crippen LogP contribution in [0.1, 0.15) is 15.5 Å². The highest BCUT2D eigenvalue weighted by atomic mass is 32.2. The maximum Gasteiger partial charge on any atom is 0.347 e. The van der Waals surface area contributed by atoms with Crippen LogP contribution in [-0.4, -0.2) is 45.1 Å². The number of aromatic carboxylic acids is 1. The second-order valence-electron chi connectivity index (χ2n) is 4.20. The van der Waals surface area contributed by atoms with Crippen LogP contribution in [0.15, 0.2) is 22.7 Å². The first-order valence-corrected chi connectivity index (χ1v) is 8.00. The summed E-state index contributed by atoms with van der Waals surface area (Å²) in [7, 11) is -3.83. The molecule has 8 nitrogen and oxygen atoms in total. The zero-order valence-electron chi connectivity index (χ0n) is 10.1. The van der Waals surface area contributed by atoms with Gasteiger partial charge in [-0.15, -0.1) is 21.5 Å². The molecule has 3 rings (SSSR count). The third-order valence-corrected chi connectivity index (χ3v) is 5.96.